The van der Waals surface area contributed by atoms with Crippen molar-refractivity contribution in [2.24, 2.45) is 4.99 Å². The second-order valence-corrected chi connectivity index (χ2v) is 5.24. The number of thioether (sulfide) groups is 1. The van der Waals surface area contributed by atoms with E-state index in [2.05, 4.69) is 4.99 Å². The maximum Gasteiger partial charge on any atom is 0.338 e. The van der Waals surface area contributed by atoms with Gasteiger partial charge in [-0.25, -0.2) is 4.79 Å². The Kier molecular flexibility index (Phi) is 3.34. The predicted octanol–water partition coefficient (Wildman–Crippen LogP) is 2.10. The summed E-state index contributed by atoms with van der Waals surface area (Å²) in [6.45, 7) is 0.454. The van der Waals surface area contributed by atoms with Crippen LogP contribution >= 0.6 is 11.8 Å². The van der Waals surface area contributed by atoms with Crippen LogP contribution in [0.15, 0.2) is 35.3 Å². The number of hydrogen-bond acceptors (Lipinski definition) is 5. The monoisotopic (exact) mass is 263 g/mol. The van der Waals surface area contributed by atoms with Crippen molar-refractivity contribution >= 4 is 23.3 Å². The van der Waals surface area contributed by atoms with Crippen molar-refractivity contribution in [2.45, 2.75) is 24.0 Å². The zero-order valence-electron chi connectivity index (χ0n) is 9.69. The van der Waals surface area contributed by atoms with Crippen molar-refractivity contribution in [1.82, 2.24) is 0 Å². The fourth-order valence-corrected chi connectivity index (χ4v) is 2.94. The largest absolute Gasteiger partial charge is 0.456 e. The average molecular weight is 263 g/mol. The predicted molar refractivity (Wildman–Crippen MR) is 69.9 cm³/mol. The van der Waals surface area contributed by atoms with E-state index in [9.17, 15) is 4.79 Å². The molecule has 2 aliphatic heterocycles. The lowest BCUT2D eigenvalue weighted by molar-refractivity contribution is -0.0460. The molecule has 0 N–H and O–H groups in total. The molecule has 2 heterocycles. The number of benzene rings is 1. The molecule has 4 nitrogen and oxygen atoms in total. The number of rotatable bonds is 2. The summed E-state index contributed by atoms with van der Waals surface area (Å²) in [6.07, 6.45) is 0.544. The normalized spacial score (nSPS) is 29.9. The van der Waals surface area contributed by atoms with Crippen LogP contribution in [0.1, 0.15) is 16.8 Å². The van der Waals surface area contributed by atoms with Crippen LogP contribution in [0.5, 0.6) is 0 Å². The van der Waals surface area contributed by atoms with E-state index in [1.165, 1.54) is 0 Å². The molecule has 0 aromatic heterocycles. The van der Waals surface area contributed by atoms with E-state index in [0.29, 0.717) is 12.2 Å². The van der Waals surface area contributed by atoms with Crippen LogP contribution in [-0.2, 0) is 9.47 Å². The van der Waals surface area contributed by atoms with Gasteiger partial charge >= 0.3 is 5.97 Å². The van der Waals surface area contributed by atoms with Crippen molar-refractivity contribution in [2.75, 3.05) is 6.61 Å². The fourth-order valence-electron chi connectivity index (χ4n) is 2.07. The van der Waals surface area contributed by atoms with Crippen molar-refractivity contribution < 1.29 is 14.3 Å². The summed E-state index contributed by atoms with van der Waals surface area (Å²) in [7, 11) is 0. The summed E-state index contributed by atoms with van der Waals surface area (Å²) in [5.41, 5.74) is 2.50. The number of carbonyl (C=O) groups is 1. The van der Waals surface area contributed by atoms with Crippen molar-refractivity contribution in [3.8, 4) is 0 Å². The molecule has 18 heavy (non-hydrogen) atoms. The Balaban J connectivity index is 1.60. The molecular formula is C13H13NO3S. The molecule has 3 rings (SSSR count). The highest BCUT2D eigenvalue weighted by Crippen LogP contribution is 2.31. The van der Waals surface area contributed by atoms with Crippen LogP contribution in [0.4, 0.5) is 0 Å². The first-order valence-corrected chi connectivity index (χ1v) is 6.82. The highest BCUT2D eigenvalue weighted by molar-refractivity contribution is 8.12. The number of hydrogen-bond donors (Lipinski definition) is 0. The van der Waals surface area contributed by atoms with Gasteiger partial charge in [0, 0.05) is 6.42 Å². The maximum atomic E-state index is 11.9. The number of nitrogens with zero attached hydrogens (tertiary/aromatic N) is 1. The van der Waals surface area contributed by atoms with Crippen LogP contribution in [-0.4, -0.2) is 35.7 Å². The molecule has 2 aliphatic rings. The van der Waals surface area contributed by atoms with E-state index in [0.717, 1.165) is 6.42 Å². The molecule has 1 saturated heterocycles. The first kappa shape index (κ1) is 11.7. The van der Waals surface area contributed by atoms with Gasteiger partial charge in [0.05, 0.1) is 23.8 Å². The lowest BCUT2D eigenvalue weighted by atomic mass is 10.1. The summed E-state index contributed by atoms with van der Waals surface area (Å²) in [5.74, 6) is -0.294. The Bertz CT molecular complexity index is 463. The molecule has 3 atom stereocenters. The van der Waals surface area contributed by atoms with E-state index in [-0.39, 0.29) is 23.6 Å². The van der Waals surface area contributed by atoms with Gasteiger partial charge in [0.2, 0.25) is 0 Å². The molecule has 0 aliphatic carbocycles. The van der Waals surface area contributed by atoms with Gasteiger partial charge in [-0.3, -0.25) is 4.99 Å². The van der Waals surface area contributed by atoms with Gasteiger partial charge < -0.3 is 9.47 Å². The molecule has 0 saturated carbocycles. The van der Waals surface area contributed by atoms with Crippen LogP contribution in [0, 0.1) is 0 Å². The standard InChI is InChI=1S/C13H13NO3S/c15-12(9-4-2-1-3-5-9)17-10-6-11-13(16-7-10)18-8-14-11/h1-5,8,10-11,13H,6-7H2. The zero-order valence-corrected chi connectivity index (χ0v) is 10.5. The van der Waals surface area contributed by atoms with Crippen LogP contribution in [0.2, 0.25) is 0 Å². The minimum atomic E-state index is -0.294. The van der Waals surface area contributed by atoms with Crippen molar-refractivity contribution in [3.63, 3.8) is 0 Å². The van der Waals surface area contributed by atoms with E-state index >= 15 is 0 Å². The van der Waals surface area contributed by atoms with E-state index in [1.807, 2.05) is 23.7 Å². The smallest absolute Gasteiger partial charge is 0.338 e. The Morgan fingerprint density at radius 2 is 2.22 bits per heavy atom. The number of esters is 1. The Morgan fingerprint density at radius 3 is 3.06 bits per heavy atom. The highest BCUT2D eigenvalue weighted by Gasteiger charge is 2.35. The lowest BCUT2D eigenvalue weighted by Crippen LogP contribution is -2.38. The Labute approximate surface area is 109 Å². The number of carbonyl (C=O) groups excluding carboxylic acids is 1. The second kappa shape index (κ2) is 5.12. The molecule has 94 valence electrons. The Hall–Kier alpha value is -1.33. The third-order valence-corrected chi connectivity index (χ3v) is 3.96. The zero-order chi connectivity index (χ0) is 12.4. The van der Waals surface area contributed by atoms with E-state index in [1.54, 1.807) is 23.9 Å². The number of aliphatic imine (C=N–C) groups is 1. The van der Waals surface area contributed by atoms with E-state index < -0.39 is 0 Å². The van der Waals surface area contributed by atoms with Crippen molar-refractivity contribution in [1.29, 1.82) is 0 Å². The van der Waals surface area contributed by atoms with Crippen LogP contribution in [0.25, 0.3) is 0 Å². The lowest BCUT2D eigenvalue weighted by Gasteiger charge is -2.29. The quantitative estimate of drug-likeness (QED) is 0.767. The molecule has 5 heteroatoms. The van der Waals surface area contributed by atoms with Gasteiger partial charge in [-0.1, -0.05) is 30.0 Å². The third-order valence-electron chi connectivity index (χ3n) is 3.00. The topological polar surface area (TPSA) is 47.9 Å². The third kappa shape index (κ3) is 2.42. The second-order valence-electron chi connectivity index (χ2n) is 4.29. The summed E-state index contributed by atoms with van der Waals surface area (Å²) in [4.78, 5) is 16.2. The summed E-state index contributed by atoms with van der Waals surface area (Å²) in [6, 6.07) is 9.13. The molecule has 0 amide bonds. The average Bonchev–Trinajstić information content (AvgIpc) is 2.87. The molecule has 0 spiro atoms. The molecule has 1 aromatic carbocycles. The molecule has 1 fully saturated rings. The first-order valence-electron chi connectivity index (χ1n) is 5.87. The first-order chi connectivity index (χ1) is 8.83. The minimum absolute atomic E-state index is 0.108. The van der Waals surface area contributed by atoms with Crippen LogP contribution < -0.4 is 0 Å². The maximum absolute atomic E-state index is 11.9. The fraction of sp³-hybridized carbons (Fsp3) is 0.385. The SMILES string of the molecule is O=C(OC1COC2SC=NC2C1)c1ccccc1. The highest BCUT2D eigenvalue weighted by atomic mass is 32.2. The molecular weight excluding hydrogens is 250 g/mol. The van der Waals surface area contributed by atoms with Gasteiger partial charge in [-0.05, 0) is 12.1 Å². The molecule has 0 radical (unpaired) electrons. The van der Waals surface area contributed by atoms with Gasteiger partial charge in [0.25, 0.3) is 0 Å². The van der Waals surface area contributed by atoms with Crippen molar-refractivity contribution in [3.05, 3.63) is 35.9 Å². The summed E-state index contributed by atoms with van der Waals surface area (Å²) in [5, 5.41) is 0. The number of ether oxygens (including phenoxy) is 2. The number of fused-ring (bicyclic) bond motifs is 1. The molecule has 0 bridgehead atoms. The van der Waals surface area contributed by atoms with E-state index in [4.69, 9.17) is 9.47 Å². The molecule has 1 aromatic rings. The van der Waals surface area contributed by atoms with Gasteiger partial charge in [0.15, 0.2) is 0 Å². The van der Waals surface area contributed by atoms with Gasteiger partial charge in [-0.15, -0.1) is 0 Å². The Morgan fingerprint density at radius 1 is 1.39 bits per heavy atom. The van der Waals surface area contributed by atoms with Crippen LogP contribution in [0.3, 0.4) is 0 Å². The van der Waals surface area contributed by atoms with Gasteiger partial charge in [-0.2, -0.15) is 0 Å². The molecule has 3 unspecified atom stereocenters. The van der Waals surface area contributed by atoms with Gasteiger partial charge in [0.1, 0.15) is 11.5 Å². The summed E-state index contributed by atoms with van der Waals surface area (Å²) >= 11 is 1.59. The summed E-state index contributed by atoms with van der Waals surface area (Å²) < 4.78 is 11.1. The minimum Gasteiger partial charge on any atom is -0.456 e.